The first kappa shape index (κ1) is 13.3. The van der Waals surface area contributed by atoms with Gasteiger partial charge >= 0.3 is 0 Å². The predicted octanol–water partition coefficient (Wildman–Crippen LogP) is 3.12. The van der Waals surface area contributed by atoms with Gasteiger partial charge in [-0.1, -0.05) is 22.0 Å². The fraction of sp³-hybridized carbons (Fsp3) is 0.417. The van der Waals surface area contributed by atoms with E-state index in [1.165, 1.54) is 12.1 Å². The number of carbonyl (C=O) groups excluding carboxylic acids is 1. The average Bonchev–Trinajstić information content (AvgIpc) is 2.19. The molecule has 0 aliphatic carbocycles. The van der Waals surface area contributed by atoms with E-state index >= 15 is 0 Å². The Bertz CT molecular complexity index is 377. The van der Waals surface area contributed by atoms with Gasteiger partial charge in [0.2, 0.25) is 0 Å². The maximum Gasteiger partial charge on any atom is 0.162 e. The van der Waals surface area contributed by atoms with Crippen LogP contribution in [0.25, 0.3) is 0 Å². The molecular weight excluding hydrogens is 275 g/mol. The highest BCUT2D eigenvalue weighted by Crippen LogP contribution is 2.18. The second-order valence-electron chi connectivity index (χ2n) is 3.81. The fourth-order valence-corrected chi connectivity index (χ4v) is 1.68. The Morgan fingerprint density at radius 1 is 1.50 bits per heavy atom. The maximum atomic E-state index is 12.8. The molecule has 16 heavy (non-hydrogen) atoms. The molecule has 1 rings (SSSR count). The van der Waals surface area contributed by atoms with Crippen LogP contribution >= 0.6 is 15.9 Å². The number of rotatable bonds is 5. The van der Waals surface area contributed by atoms with Crippen molar-refractivity contribution in [3.05, 3.63) is 34.1 Å². The van der Waals surface area contributed by atoms with Crippen molar-refractivity contribution in [1.29, 1.82) is 0 Å². The van der Waals surface area contributed by atoms with Crippen LogP contribution in [0.1, 0.15) is 19.4 Å². The molecule has 0 saturated heterocycles. The number of ketones is 1. The van der Waals surface area contributed by atoms with E-state index in [0.29, 0.717) is 4.47 Å². The third kappa shape index (κ3) is 4.41. The van der Waals surface area contributed by atoms with Gasteiger partial charge in [0.1, 0.15) is 12.4 Å². The first-order valence-corrected chi connectivity index (χ1v) is 5.85. The minimum atomic E-state index is -0.318. The molecule has 88 valence electrons. The topological polar surface area (TPSA) is 26.3 Å². The van der Waals surface area contributed by atoms with Crippen molar-refractivity contribution in [1.82, 2.24) is 0 Å². The second-order valence-corrected chi connectivity index (χ2v) is 4.67. The molecular formula is C12H14BrFO2. The lowest BCUT2D eigenvalue weighted by atomic mass is 10.1. The van der Waals surface area contributed by atoms with E-state index in [9.17, 15) is 9.18 Å². The summed E-state index contributed by atoms with van der Waals surface area (Å²) in [5.41, 5.74) is 0.777. The molecule has 0 saturated carbocycles. The molecule has 0 aliphatic rings. The molecule has 0 unspecified atom stereocenters. The summed E-state index contributed by atoms with van der Waals surface area (Å²) >= 11 is 3.22. The molecule has 2 nitrogen and oxygen atoms in total. The summed E-state index contributed by atoms with van der Waals surface area (Å²) in [4.78, 5) is 11.5. The van der Waals surface area contributed by atoms with Crippen LogP contribution in [0.5, 0.6) is 0 Å². The minimum Gasteiger partial charge on any atom is -0.371 e. The summed E-state index contributed by atoms with van der Waals surface area (Å²) in [6.45, 7) is 3.85. The largest absolute Gasteiger partial charge is 0.371 e. The number of ether oxygens (including phenoxy) is 1. The zero-order valence-electron chi connectivity index (χ0n) is 9.30. The van der Waals surface area contributed by atoms with Crippen LogP contribution in [0, 0.1) is 5.82 Å². The van der Waals surface area contributed by atoms with E-state index < -0.39 is 0 Å². The van der Waals surface area contributed by atoms with Gasteiger partial charge in [0, 0.05) is 10.9 Å². The summed E-state index contributed by atoms with van der Waals surface area (Å²) in [7, 11) is 0. The summed E-state index contributed by atoms with van der Waals surface area (Å²) in [5, 5.41) is 0. The Kier molecular flexibility index (Phi) is 5.09. The standard InChI is InChI=1S/C12H14BrFO2/c1-8(2)16-7-11(15)5-9-3-4-10(14)6-12(9)13/h3-4,6,8H,5,7H2,1-2H3. The average molecular weight is 289 g/mol. The Hall–Kier alpha value is -0.740. The van der Waals surface area contributed by atoms with E-state index in [2.05, 4.69) is 15.9 Å². The second kappa shape index (κ2) is 6.11. The zero-order chi connectivity index (χ0) is 12.1. The molecule has 0 spiro atoms. The van der Waals surface area contributed by atoms with Crippen molar-refractivity contribution in [2.24, 2.45) is 0 Å². The normalized spacial score (nSPS) is 10.8. The third-order valence-electron chi connectivity index (χ3n) is 1.98. The summed E-state index contributed by atoms with van der Waals surface area (Å²) < 4.78 is 18.6. The highest BCUT2D eigenvalue weighted by molar-refractivity contribution is 9.10. The smallest absolute Gasteiger partial charge is 0.162 e. The number of carbonyl (C=O) groups is 1. The van der Waals surface area contributed by atoms with Gasteiger partial charge < -0.3 is 4.74 Å². The molecule has 0 aromatic heterocycles. The van der Waals surface area contributed by atoms with Crippen molar-refractivity contribution < 1.29 is 13.9 Å². The van der Waals surface area contributed by atoms with Gasteiger partial charge in [-0.25, -0.2) is 4.39 Å². The van der Waals surface area contributed by atoms with Gasteiger partial charge in [-0.2, -0.15) is 0 Å². The van der Waals surface area contributed by atoms with E-state index in [4.69, 9.17) is 4.74 Å². The molecule has 0 radical (unpaired) electrons. The monoisotopic (exact) mass is 288 g/mol. The lowest BCUT2D eigenvalue weighted by molar-refractivity contribution is -0.124. The SMILES string of the molecule is CC(C)OCC(=O)Cc1ccc(F)cc1Br. The highest BCUT2D eigenvalue weighted by atomic mass is 79.9. The first-order valence-electron chi connectivity index (χ1n) is 5.06. The van der Waals surface area contributed by atoms with E-state index in [0.717, 1.165) is 5.56 Å². The lowest BCUT2D eigenvalue weighted by Gasteiger charge is -2.07. The molecule has 0 atom stereocenters. The lowest BCUT2D eigenvalue weighted by Crippen LogP contribution is -2.15. The first-order chi connectivity index (χ1) is 7.49. The predicted molar refractivity (Wildman–Crippen MR) is 63.9 cm³/mol. The van der Waals surface area contributed by atoms with Gasteiger partial charge in [-0.15, -0.1) is 0 Å². The third-order valence-corrected chi connectivity index (χ3v) is 2.72. The molecule has 4 heteroatoms. The Labute approximate surface area is 103 Å². The maximum absolute atomic E-state index is 12.8. The van der Waals surface area contributed by atoms with Crippen molar-refractivity contribution in [2.75, 3.05) is 6.61 Å². The van der Waals surface area contributed by atoms with Crippen molar-refractivity contribution in [3.8, 4) is 0 Å². The molecule has 1 aromatic rings. The number of hydrogen-bond acceptors (Lipinski definition) is 2. The summed E-state index contributed by atoms with van der Waals surface area (Å²) in [6.07, 6.45) is 0.300. The van der Waals surface area contributed by atoms with Crippen LogP contribution in [0.2, 0.25) is 0 Å². The van der Waals surface area contributed by atoms with E-state index in [1.54, 1.807) is 6.07 Å². The Morgan fingerprint density at radius 2 is 2.19 bits per heavy atom. The van der Waals surface area contributed by atoms with Crippen LogP contribution < -0.4 is 0 Å². The highest BCUT2D eigenvalue weighted by Gasteiger charge is 2.08. The number of halogens is 2. The zero-order valence-corrected chi connectivity index (χ0v) is 10.9. The minimum absolute atomic E-state index is 0.0130. The molecule has 1 aromatic carbocycles. The summed E-state index contributed by atoms with van der Waals surface area (Å²) in [6, 6.07) is 4.30. The van der Waals surface area contributed by atoms with Gasteiger partial charge in [0.25, 0.3) is 0 Å². The molecule has 0 N–H and O–H groups in total. The number of hydrogen-bond donors (Lipinski definition) is 0. The quantitative estimate of drug-likeness (QED) is 0.832. The number of Topliss-reactive ketones (excluding diaryl/α,β-unsaturated/α-hetero) is 1. The van der Waals surface area contributed by atoms with Crippen LogP contribution in [0.3, 0.4) is 0 Å². The van der Waals surface area contributed by atoms with E-state index in [1.807, 2.05) is 13.8 Å². The van der Waals surface area contributed by atoms with Crippen LogP contribution in [-0.4, -0.2) is 18.5 Å². The van der Waals surface area contributed by atoms with Gasteiger partial charge in [0.15, 0.2) is 5.78 Å². The van der Waals surface area contributed by atoms with Crippen LogP contribution in [0.15, 0.2) is 22.7 Å². The van der Waals surface area contributed by atoms with Crippen molar-refractivity contribution in [2.45, 2.75) is 26.4 Å². The van der Waals surface area contributed by atoms with E-state index in [-0.39, 0.29) is 30.7 Å². The Morgan fingerprint density at radius 3 is 2.75 bits per heavy atom. The van der Waals surface area contributed by atoms with Gasteiger partial charge in [0.05, 0.1) is 6.10 Å². The van der Waals surface area contributed by atoms with Crippen molar-refractivity contribution >= 4 is 21.7 Å². The molecule has 0 heterocycles. The van der Waals surface area contributed by atoms with Gasteiger partial charge in [-0.3, -0.25) is 4.79 Å². The number of benzene rings is 1. The fourth-order valence-electron chi connectivity index (χ4n) is 1.19. The van der Waals surface area contributed by atoms with Crippen LogP contribution in [-0.2, 0) is 16.0 Å². The van der Waals surface area contributed by atoms with Crippen molar-refractivity contribution in [3.63, 3.8) is 0 Å². The molecule has 0 amide bonds. The summed E-state index contributed by atoms with van der Waals surface area (Å²) in [5.74, 6) is -0.331. The Balaban J connectivity index is 2.56. The van der Waals surface area contributed by atoms with Gasteiger partial charge in [-0.05, 0) is 31.5 Å². The molecule has 0 fully saturated rings. The van der Waals surface area contributed by atoms with Crippen LogP contribution in [0.4, 0.5) is 4.39 Å². The molecule has 0 bridgehead atoms. The molecule has 0 aliphatic heterocycles.